The van der Waals surface area contributed by atoms with Crippen LogP contribution in [0.4, 0.5) is 5.69 Å². The van der Waals surface area contributed by atoms with E-state index in [-0.39, 0.29) is 35.0 Å². The maximum absolute atomic E-state index is 13.1. The zero-order valence-corrected chi connectivity index (χ0v) is 15.6. The molecule has 2 aromatic carbocycles. The quantitative estimate of drug-likeness (QED) is 0.632. The Hall–Kier alpha value is -2.00. The molecule has 1 heterocycles. The van der Waals surface area contributed by atoms with E-state index in [4.69, 9.17) is 17.3 Å². The van der Waals surface area contributed by atoms with Crippen molar-refractivity contribution in [3.05, 3.63) is 68.7 Å². The van der Waals surface area contributed by atoms with Gasteiger partial charge in [0.05, 0.1) is 4.92 Å². The van der Waals surface area contributed by atoms with Crippen LogP contribution in [0.5, 0.6) is 0 Å². The molecule has 1 aliphatic rings. The van der Waals surface area contributed by atoms with Gasteiger partial charge in [0.1, 0.15) is 9.92 Å². The Bertz CT molecular complexity index is 950. The summed E-state index contributed by atoms with van der Waals surface area (Å²) in [5.74, 6) is -0.149. The molecule has 2 aromatic rings. The molecule has 2 atom stereocenters. The molecule has 0 unspecified atom stereocenters. The Morgan fingerprint density at radius 3 is 2.50 bits per heavy atom. The predicted octanol–water partition coefficient (Wildman–Crippen LogP) is 2.67. The number of nitrogens with two attached hydrogens (primary N) is 1. The molecule has 138 valence electrons. The van der Waals surface area contributed by atoms with Crippen LogP contribution < -0.4 is 5.73 Å². The third-order valence-electron chi connectivity index (χ3n) is 4.54. The van der Waals surface area contributed by atoms with E-state index in [1.807, 2.05) is 30.3 Å². The highest BCUT2D eigenvalue weighted by Gasteiger charge is 2.40. The fourth-order valence-electron chi connectivity index (χ4n) is 3.22. The number of benzene rings is 2. The molecule has 1 aliphatic heterocycles. The first-order valence-electron chi connectivity index (χ1n) is 7.97. The van der Waals surface area contributed by atoms with Crippen LogP contribution in [0, 0.1) is 17.0 Å². The highest BCUT2D eigenvalue weighted by molar-refractivity contribution is 7.89. The highest BCUT2D eigenvalue weighted by Crippen LogP contribution is 2.37. The lowest BCUT2D eigenvalue weighted by atomic mass is 9.95. The molecule has 0 aromatic heterocycles. The van der Waals surface area contributed by atoms with E-state index in [0.29, 0.717) is 5.56 Å². The van der Waals surface area contributed by atoms with Crippen LogP contribution in [0.1, 0.15) is 17.0 Å². The fraction of sp³-hybridized carbons (Fsp3) is 0.294. The van der Waals surface area contributed by atoms with Crippen LogP contribution in [0.3, 0.4) is 0 Å². The van der Waals surface area contributed by atoms with Crippen molar-refractivity contribution in [3.8, 4) is 0 Å². The van der Waals surface area contributed by atoms with E-state index < -0.39 is 20.6 Å². The normalized spacial score (nSPS) is 21.0. The number of rotatable bonds is 4. The van der Waals surface area contributed by atoms with Gasteiger partial charge in [0.25, 0.3) is 5.69 Å². The third-order valence-corrected chi connectivity index (χ3v) is 6.90. The van der Waals surface area contributed by atoms with Gasteiger partial charge in [-0.15, -0.1) is 0 Å². The number of nitrogens with zero attached hydrogens (tertiary/aromatic N) is 2. The van der Waals surface area contributed by atoms with Gasteiger partial charge in [0.2, 0.25) is 10.0 Å². The molecule has 1 fully saturated rings. The van der Waals surface area contributed by atoms with Crippen molar-refractivity contribution in [2.24, 2.45) is 5.73 Å². The Balaban J connectivity index is 1.99. The first-order valence-corrected chi connectivity index (χ1v) is 9.79. The second kappa shape index (κ2) is 6.96. The lowest BCUT2D eigenvalue weighted by molar-refractivity contribution is -0.385. The van der Waals surface area contributed by atoms with E-state index in [2.05, 4.69) is 0 Å². The van der Waals surface area contributed by atoms with Crippen LogP contribution in [0.2, 0.25) is 5.02 Å². The molecule has 0 bridgehead atoms. The number of halogens is 1. The van der Waals surface area contributed by atoms with Crippen LogP contribution in [-0.4, -0.2) is 36.8 Å². The second-order valence-corrected chi connectivity index (χ2v) is 8.64. The smallest absolute Gasteiger partial charge is 0.289 e. The second-order valence-electron chi connectivity index (χ2n) is 6.36. The Morgan fingerprint density at radius 2 is 1.88 bits per heavy atom. The van der Waals surface area contributed by atoms with Crippen molar-refractivity contribution in [2.75, 3.05) is 13.1 Å². The summed E-state index contributed by atoms with van der Waals surface area (Å²) in [7, 11) is -4.00. The first-order chi connectivity index (χ1) is 12.2. The van der Waals surface area contributed by atoms with E-state index in [1.54, 1.807) is 6.92 Å². The number of nitro groups is 1. The summed E-state index contributed by atoms with van der Waals surface area (Å²) in [5.41, 5.74) is 7.16. The van der Waals surface area contributed by atoms with E-state index in [0.717, 1.165) is 5.56 Å². The summed E-state index contributed by atoms with van der Waals surface area (Å²) in [4.78, 5) is 10.2. The average molecular weight is 396 g/mol. The van der Waals surface area contributed by atoms with Crippen molar-refractivity contribution in [1.82, 2.24) is 4.31 Å². The molecule has 0 radical (unpaired) electrons. The predicted molar refractivity (Wildman–Crippen MR) is 98.8 cm³/mol. The van der Waals surface area contributed by atoms with Gasteiger partial charge in [-0.05, 0) is 24.1 Å². The minimum Gasteiger partial charge on any atom is -0.326 e. The average Bonchev–Trinajstić information content (AvgIpc) is 2.99. The third kappa shape index (κ3) is 3.33. The molecule has 0 amide bonds. The summed E-state index contributed by atoms with van der Waals surface area (Å²) >= 11 is 6.05. The largest absolute Gasteiger partial charge is 0.326 e. The molecule has 26 heavy (non-hydrogen) atoms. The van der Waals surface area contributed by atoms with Crippen molar-refractivity contribution < 1.29 is 13.3 Å². The van der Waals surface area contributed by atoms with Gasteiger partial charge < -0.3 is 5.73 Å². The molecule has 1 saturated heterocycles. The van der Waals surface area contributed by atoms with Crippen LogP contribution in [-0.2, 0) is 10.0 Å². The highest BCUT2D eigenvalue weighted by atomic mass is 35.5. The van der Waals surface area contributed by atoms with E-state index in [1.165, 1.54) is 16.4 Å². The minimum absolute atomic E-state index is 0.125. The Kier molecular flexibility index (Phi) is 5.03. The van der Waals surface area contributed by atoms with Gasteiger partial charge in [-0.1, -0.05) is 41.9 Å². The number of aryl methyl sites for hydroxylation is 1. The standard InChI is InChI=1S/C17H18ClN3O4S/c1-11-7-15(21(22)23)17(18)16(8-11)26(24,25)20-9-13(14(19)10-20)12-5-3-2-4-6-12/h2-8,13-14H,9-10,19H2,1H3/t13-,14+/m0/s1. The van der Waals surface area contributed by atoms with Crippen molar-refractivity contribution in [1.29, 1.82) is 0 Å². The van der Waals surface area contributed by atoms with Gasteiger partial charge in [-0.25, -0.2) is 8.42 Å². The zero-order chi connectivity index (χ0) is 19.1. The molecule has 2 N–H and O–H groups in total. The monoisotopic (exact) mass is 395 g/mol. The van der Waals surface area contributed by atoms with Crippen LogP contribution in [0.25, 0.3) is 0 Å². The number of sulfonamides is 1. The molecule has 0 spiro atoms. The van der Waals surface area contributed by atoms with Gasteiger partial charge in [-0.2, -0.15) is 4.31 Å². The first kappa shape index (κ1) is 18.8. The number of hydrogen-bond donors (Lipinski definition) is 1. The summed E-state index contributed by atoms with van der Waals surface area (Å²) in [6.07, 6.45) is 0. The van der Waals surface area contributed by atoms with Gasteiger partial charge in [0.15, 0.2) is 0 Å². The van der Waals surface area contributed by atoms with Crippen LogP contribution in [0.15, 0.2) is 47.4 Å². The lowest BCUT2D eigenvalue weighted by Gasteiger charge is -2.18. The minimum atomic E-state index is -4.00. The van der Waals surface area contributed by atoms with Gasteiger partial charge in [0, 0.05) is 31.1 Å². The molecule has 0 aliphatic carbocycles. The van der Waals surface area contributed by atoms with Gasteiger partial charge >= 0.3 is 0 Å². The summed E-state index contributed by atoms with van der Waals surface area (Å²) in [6, 6.07) is 11.7. The summed E-state index contributed by atoms with van der Waals surface area (Å²) in [5, 5.41) is 10.8. The number of nitro benzene ring substituents is 1. The molecule has 7 nitrogen and oxygen atoms in total. The summed E-state index contributed by atoms with van der Waals surface area (Å²) in [6.45, 7) is 1.91. The van der Waals surface area contributed by atoms with Crippen molar-refractivity contribution >= 4 is 27.3 Å². The maximum Gasteiger partial charge on any atom is 0.289 e. The molecular weight excluding hydrogens is 378 g/mol. The van der Waals surface area contributed by atoms with Gasteiger partial charge in [-0.3, -0.25) is 10.1 Å². The lowest BCUT2D eigenvalue weighted by Crippen LogP contribution is -2.32. The molecule has 3 rings (SSSR count). The fourth-order valence-corrected chi connectivity index (χ4v) is 5.36. The van der Waals surface area contributed by atoms with E-state index >= 15 is 0 Å². The molecular formula is C17H18ClN3O4S. The SMILES string of the molecule is Cc1cc([N+](=O)[O-])c(Cl)c(S(=O)(=O)N2C[C@@H](N)[C@H](c3ccccc3)C2)c1. The molecule has 0 saturated carbocycles. The summed E-state index contributed by atoms with van der Waals surface area (Å²) < 4.78 is 27.4. The van der Waals surface area contributed by atoms with Crippen molar-refractivity contribution in [2.45, 2.75) is 23.8 Å². The zero-order valence-electron chi connectivity index (χ0n) is 14.0. The van der Waals surface area contributed by atoms with Crippen molar-refractivity contribution in [3.63, 3.8) is 0 Å². The molecule has 9 heteroatoms. The number of hydrogen-bond acceptors (Lipinski definition) is 5. The topological polar surface area (TPSA) is 107 Å². The van der Waals surface area contributed by atoms with Crippen LogP contribution >= 0.6 is 11.6 Å². The Labute approximate surface area is 156 Å². The van der Waals surface area contributed by atoms with E-state index in [9.17, 15) is 18.5 Å². The maximum atomic E-state index is 13.1. The Morgan fingerprint density at radius 1 is 1.23 bits per heavy atom.